The molecule has 0 unspecified atom stereocenters. The van der Waals surface area contributed by atoms with Gasteiger partial charge in [0.05, 0.1) is 19.5 Å². The summed E-state index contributed by atoms with van der Waals surface area (Å²) in [4.78, 5) is 31.4. The standard InChI is InChI=1S/C23H29N3O4/c1-24(17-19-5-2-3-6-20(19)25-12-15-29-16-13-25)22(27)18-8-10-26(11-9-18)23(28)21-7-4-14-30-21/h2-7,14,18H,8-13,15-17H2,1H3. The van der Waals surface area contributed by atoms with Gasteiger partial charge in [-0.2, -0.15) is 0 Å². The zero-order valence-corrected chi connectivity index (χ0v) is 17.5. The molecule has 0 spiro atoms. The number of carbonyl (C=O) groups excluding carboxylic acids is 2. The summed E-state index contributed by atoms with van der Waals surface area (Å²) < 4.78 is 10.7. The molecule has 2 saturated heterocycles. The Morgan fingerprint density at radius 3 is 2.47 bits per heavy atom. The molecule has 2 aliphatic heterocycles. The first-order chi connectivity index (χ1) is 14.6. The molecule has 2 amide bonds. The summed E-state index contributed by atoms with van der Waals surface area (Å²) in [5.41, 5.74) is 2.33. The van der Waals surface area contributed by atoms with Crippen molar-refractivity contribution in [2.75, 3.05) is 51.3 Å². The molecule has 1 aromatic carbocycles. The fourth-order valence-electron chi connectivity index (χ4n) is 4.29. The van der Waals surface area contributed by atoms with Crippen LogP contribution in [0, 0.1) is 5.92 Å². The maximum absolute atomic E-state index is 13.1. The molecule has 160 valence electrons. The summed E-state index contributed by atoms with van der Waals surface area (Å²) in [6.07, 6.45) is 2.87. The maximum Gasteiger partial charge on any atom is 0.289 e. The molecule has 2 aliphatic rings. The van der Waals surface area contributed by atoms with Gasteiger partial charge in [0.15, 0.2) is 5.76 Å². The molecule has 0 N–H and O–H groups in total. The summed E-state index contributed by atoms with van der Waals surface area (Å²) in [5.74, 6) is 0.360. The average Bonchev–Trinajstić information content (AvgIpc) is 3.34. The lowest BCUT2D eigenvalue weighted by atomic mass is 9.95. The highest BCUT2D eigenvalue weighted by atomic mass is 16.5. The second-order valence-corrected chi connectivity index (χ2v) is 7.97. The van der Waals surface area contributed by atoms with Gasteiger partial charge >= 0.3 is 0 Å². The minimum absolute atomic E-state index is 0.0498. The summed E-state index contributed by atoms with van der Waals surface area (Å²) in [6.45, 7) is 4.95. The van der Waals surface area contributed by atoms with Gasteiger partial charge in [0.25, 0.3) is 5.91 Å². The molecule has 0 radical (unpaired) electrons. The van der Waals surface area contributed by atoms with Crippen LogP contribution in [0.15, 0.2) is 47.1 Å². The summed E-state index contributed by atoms with van der Waals surface area (Å²) in [5, 5.41) is 0. The van der Waals surface area contributed by atoms with Crippen molar-refractivity contribution in [3.05, 3.63) is 54.0 Å². The Balaban J connectivity index is 1.34. The number of piperidine rings is 1. The summed E-state index contributed by atoms with van der Waals surface area (Å²) in [6, 6.07) is 11.7. The SMILES string of the molecule is CN(Cc1ccccc1N1CCOCC1)C(=O)C1CCN(C(=O)c2ccco2)CC1. The predicted molar refractivity (Wildman–Crippen MR) is 113 cm³/mol. The highest BCUT2D eigenvalue weighted by Crippen LogP contribution is 2.25. The lowest BCUT2D eigenvalue weighted by Gasteiger charge is -2.34. The lowest BCUT2D eigenvalue weighted by Crippen LogP contribution is -2.43. The first-order valence-electron chi connectivity index (χ1n) is 10.6. The highest BCUT2D eigenvalue weighted by molar-refractivity contribution is 5.91. The number of para-hydroxylation sites is 1. The van der Waals surface area contributed by atoms with Gasteiger partial charge < -0.3 is 23.9 Å². The van der Waals surface area contributed by atoms with Crippen molar-refractivity contribution in [1.82, 2.24) is 9.80 Å². The quantitative estimate of drug-likeness (QED) is 0.757. The number of hydrogen-bond acceptors (Lipinski definition) is 5. The van der Waals surface area contributed by atoms with Crippen LogP contribution in [0.4, 0.5) is 5.69 Å². The number of morpholine rings is 1. The van der Waals surface area contributed by atoms with E-state index < -0.39 is 0 Å². The Morgan fingerprint density at radius 1 is 1.03 bits per heavy atom. The van der Waals surface area contributed by atoms with E-state index in [1.54, 1.807) is 17.0 Å². The van der Waals surface area contributed by atoms with Gasteiger partial charge in [-0.15, -0.1) is 0 Å². The van der Waals surface area contributed by atoms with E-state index in [2.05, 4.69) is 17.0 Å². The average molecular weight is 412 g/mol. The van der Waals surface area contributed by atoms with Gasteiger partial charge in [0, 0.05) is 51.4 Å². The molecule has 30 heavy (non-hydrogen) atoms. The van der Waals surface area contributed by atoms with Gasteiger partial charge in [-0.3, -0.25) is 9.59 Å². The van der Waals surface area contributed by atoms with Crippen molar-refractivity contribution >= 4 is 17.5 Å². The van der Waals surface area contributed by atoms with E-state index in [1.165, 1.54) is 12.0 Å². The smallest absolute Gasteiger partial charge is 0.289 e. The minimum atomic E-state index is -0.0984. The minimum Gasteiger partial charge on any atom is -0.459 e. The zero-order chi connectivity index (χ0) is 20.9. The summed E-state index contributed by atoms with van der Waals surface area (Å²) in [7, 11) is 1.87. The van der Waals surface area contributed by atoms with Crippen LogP contribution in [-0.4, -0.2) is 68.1 Å². The van der Waals surface area contributed by atoms with Gasteiger partial charge in [0.2, 0.25) is 5.91 Å². The molecule has 0 bridgehead atoms. The number of anilines is 1. The number of hydrogen-bond donors (Lipinski definition) is 0. The Bertz CT molecular complexity index is 853. The van der Waals surface area contributed by atoms with E-state index in [0.717, 1.165) is 31.9 Å². The number of nitrogens with zero attached hydrogens (tertiary/aromatic N) is 3. The van der Waals surface area contributed by atoms with Gasteiger partial charge in [0.1, 0.15) is 0 Å². The van der Waals surface area contributed by atoms with Crippen molar-refractivity contribution < 1.29 is 18.7 Å². The lowest BCUT2D eigenvalue weighted by molar-refractivity contribution is -0.136. The van der Waals surface area contributed by atoms with Crippen LogP contribution in [-0.2, 0) is 16.1 Å². The molecule has 2 fully saturated rings. The van der Waals surface area contributed by atoms with E-state index in [1.807, 2.05) is 24.1 Å². The third kappa shape index (κ3) is 4.51. The van der Waals surface area contributed by atoms with Gasteiger partial charge in [-0.05, 0) is 36.6 Å². The van der Waals surface area contributed by atoms with E-state index in [4.69, 9.17) is 9.15 Å². The first kappa shape index (κ1) is 20.5. The number of carbonyl (C=O) groups is 2. The van der Waals surface area contributed by atoms with Crippen LogP contribution in [0.5, 0.6) is 0 Å². The molecular weight excluding hydrogens is 382 g/mol. The van der Waals surface area contributed by atoms with Crippen molar-refractivity contribution in [1.29, 1.82) is 0 Å². The molecule has 0 saturated carbocycles. The van der Waals surface area contributed by atoms with Crippen molar-refractivity contribution in [2.45, 2.75) is 19.4 Å². The second-order valence-electron chi connectivity index (χ2n) is 7.97. The first-order valence-corrected chi connectivity index (χ1v) is 10.6. The third-order valence-corrected chi connectivity index (χ3v) is 5.99. The Hall–Kier alpha value is -2.80. The molecule has 0 atom stereocenters. The number of amides is 2. The topological polar surface area (TPSA) is 66.2 Å². The molecule has 0 aliphatic carbocycles. The van der Waals surface area contributed by atoms with Crippen LogP contribution in [0.2, 0.25) is 0 Å². The van der Waals surface area contributed by atoms with Gasteiger partial charge in [-0.25, -0.2) is 0 Å². The molecular formula is C23H29N3O4. The van der Waals surface area contributed by atoms with Crippen LogP contribution in [0.1, 0.15) is 29.0 Å². The van der Waals surface area contributed by atoms with Crippen LogP contribution >= 0.6 is 0 Å². The van der Waals surface area contributed by atoms with E-state index in [0.29, 0.717) is 38.2 Å². The fourth-order valence-corrected chi connectivity index (χ4v) is 4.29. The van der Waals surface area contributed by atoms with E-state index in [9.17, 15) is 9.59 Å². The van der Waals surface area contributed by atoms with E-state index in [-0.39, 0.29) is 17.7 Å². The van der Waals surface area contributed by atoms with Crippen LogP contribution < -0.4 is 4.90 Å². The van der Waals surface area contributed by atoms with Crippen molar-refractivity contribution in [3.63, 3.8) is 0 Å². The van der Waals surface area contributed by atoms with Crippen molar-refractivity contribution in [2.24, 2.45) is 5.92 Å². The number of likely N-dealkylation sites (tertiary alicyclic amines) is 1. The van der Waals surface area contributed by atoms with Crippen LogP contribution in [0.3, 0.4) is 0 Å². The number of rotatable bonds is 5. The van der Waals surface area contributed by atoms with Gasteiger partial charge in [-0.1, -0.05) is 18.2 Å². The highest BCUT2D eigenvalue weighted by Gasteiger charge is 2.30. The largest absolute Gasteiger partial charge is 0.459 e. The Kier molecular flexibility index (Phi) is 6.38. The molecule has 7 heteroatoms. The Morgan fingerprint density at radius 2 is 1.77 bits per heavy atom. The predicted octanol–water partition coefficient (Wildman–Crippen LogP) is 2.63. The molecule has 3 heterocycles. The zero-order valence-electron chi connectivity index (χ0n) is 17.5. The van der Waals surface area contributed by atoms with E-state index >= 15 is 0 Å². The van der Waals surface area contributed by atoms with Crippen LogP contribution in [0.25, 0.3) is 0 Å². The maximum atomic E-state index is 13.1. The normalized spacial score (nSPS) is 17.8. The number of benzene rings is 1. The molecule has 7 nitrogen and oxygen atoms in total. The molecule has 2 aromatic rings. The summed E-state index contributed by atoms with van der Waals surface area (Å²) >= 11 is 0. The molecule has 4 rings (SSSR count). The number of furan rings is 1. The fraction of sp³-hybridized carbons (Fsp3) is 0.478. The third-order valence-electron chi connectivity index (χ3n) is 5.99. The monoisotopic (exact) mass is 411 g/mol. The van der Waals surface area contributed by atoms with Crippen molar-refractivity contribution in [3.8, 4) is 0 Å². The number of ether oxygens (including phenoxy) is 1. The second kappa shape index (κ2) is 9.34. The Labute approximate surface area is 177 Å². The molecule has 1 aromatic heterocycles.